The molecule has 132 valence electrons. The Bertz CT molecular complexity index is 768. The van der Waals surface area contributed by atoms with Gasteiger partial charge in [-0.1, -0.05) is 11.6 Å². The number of nitro groups is 1. The average Bonchev–Trinajstić information content (AvgIpc) is 2.58. The second-order valence-corrected chi connectivity index (χ2v) is 5.74. The second kappa shape index (κ2) is 8.43. The van der Waals surface area contributed by atoms with Gasteiger partial charge in [0.25, 0.3) is 5.69 Å². The van der Waals surface area contributed by atoms with Crippen molar-refractivity contribution in [2.75, 3.05) is 13.7 Å². The molecule has 1 amide bonds. The summed E-state index contributed by atoms with van der Waals surface area (Å²) in [6.07, 6.45) is 0.112. The van der Waals surface area contributed by atoms with Crippen molar-refractivity contribution in [3.8, 4) is 5.75 Å². The van der Waals surface area contributed by atoms with Crippen LogP contribution in [-0.4, -0.2) is 29.4 Å². The van der Waals surface area contributed by atoms with E-state index in [9.17, 15) is 19.3 Å². The molecule has 0 saturated heterocycles. The first-order chi connectivity index (χ1) is 11.9. The van der Waals surface area contributed by atoms with E-state index in [-0.39, 0.29) is 37.0 Å². The Hall–Kier alpha value is -2.67. The molecule has 0 spiro atoms. The van der Waals surface area contributed by atoms with Crippen molar-refractivity contribution in [3.05, 3.63) is 69.0 Å². The molecular weight excluding hydrogens is 351 g/mol. The van der Waals surface area contributed by atoms with Crippen LogP contribution in [0.5, 0.6) is 5.75 Å². The Kier molecular flexibility index (Phi) is 6.30. The Morgan fingerprint density at radius 2 is 1.96 bits per heavy atom. The van der Waals surface area contributed by atoms with Crippen LogP contribution in [0.2, 0.25) is 5.02 Å². The Morgan fingerprint density at radius 3 is 2.60 bits per heavy atom. The molecule has 25 heavy (non-hydrogen) atoms. The average molecular weight is 367 g/mol. The number of halogens is 2. The molecule has 6 nitrogen and oxygen atoms in total. The van der Waals surface area contributed by atoms with Crippen LogP contribution in [0, 0.1) is 15.9 Å². The number of nitrogens with zero attached hydrogens (tertiary/aromatic N) is 2. The van der Waals surface area contributed by atoms with Gasteiger partial charge in [0.05, 0.1) is 18.0 Å². The normalized spacial score (nSPS) is 10.4. The molecule has 0 aliphatic carbocycles. The highest BCUT2D eigenvalue weighted by molar-refractivity contribution is 6.31. The maximum absolute atomic E-state index is 12.8. The number of ether oxygens (including phenoxy) is 1. The molecule has 2 aromatic rings. The number of carbonyl (C=O) groups is 1. The van der Waals surface area contributed by atoms with E-state index in [0.29, 0.717) is 16.3 Å². The minimum absolute atomic E-state index is 0.0834. The first-order valence-electron chi connectivity index (χ1n) is 7.42. The summed E-state index contributed by atoms with van der Waals surface area (Å²) in [7, 11) is 1.58. The molecule has 8 heteroatoms. The van der Waals surface area contributed by atoms with E-state index in [2.05, 4.69) is 0 Å². The number of carbonyl (C=O) groups excluding carboxylic acids is 1. The first kappa shape index (κ1) is 18.7. The summed E-state index contributed by atoms with van der Waals surface area (Å²) < 4.78 is 18.2. The largest absolute Gasteiger partial charge is 0.493 e. The molecular formula is C17H16ClFN2O4. The van der Waals surface area contributed by atoms with Gasteiger partial charge in [0.1, 0.15) is 11.6 Å². The van der Waals surface area contributed by atoms with Gasteiger partial charge in [-0.15, -0.1) is 0 Å². The molecule has 0 aliphatic heterocycles. The fraction of sp³-hybridized carbons (Fsp3) is 0.235. The lowest BCUT2D eigenvalue weighted by atomic mass is 10.2. The molecule has 0 fully saturated rings. The highest BCUT2D eigenvalue weighted by atomic mass is 35.5. The molecule has 0 radical (unpaired) electrons. The summed E-state index contributed by atoms with van der Waals surface area (Å²) in [5.41, 5.74) is 0.408. The van der Waals surface area contributed by atoms with Crippen LogP contribution in [0.25, 0.3) is 0 Å². The summed E-state index contributed by atoms with van der Waals surface area (Å²) in [6.45, 7) is 0.285. The van der Waals surface area contributed by atoms with Gasteiger partial charge in [0, 0.05) is 30.7 Å². The zero-order valence-corrected chi connectivity index (χ0v) is 14.2. The SMILES string of the molecule is CN(Cc1cc([N+](=O)[O-])ccc1Cl)C(=O)CCOc1ccc(F)cc1. The van der Waals surface area contributed by atoms with Crippen molar-refractivity contribution in [1.82, 2.24) is 4.90 Å². The van der Waals surface area contributed by atoms with E-state index in [1.54, 1.807) is 7.05 Å². The third-order valence-corrected chi connectivity index (χ3v) is 3.84. The van der Waals surface area contributed by atoms with Gasteiger partial charge in [-0.25, -0.2) is 4.39 Å². The van der Waals surface area contributed by atoms with Crippen LogP contribution in [0.15, 0.2) is 42.5 Å². The number of nitro benzene ring substituents is 1. The number of hydrogen-bond donors (Lipinski definition) is 0. The van der Waals surface area contributed by atoms with Gasteiger partial charge in [-0.05, 0) is 35.9 Å². The van der Waals surface area contributed by atoms with Gasteiger partial charge >= 0.3 is 0 Å². The first-order valence-corrected chi connectivity index (χ1v) is 7.80. The molecule has 0 bridgehead atoms. The maximum atomic E-state index is 12.8. The van der Waals surface area contributed by atoms with Crippen LogP contribution in [0.1, 0.15) is 12.0 Å². The van der Waals surface area contributed by atoms with Gasteiger partial charge in [-0.2, -0.15) is 0 Å². The zero-order valence-electron chi connectivity index (χ0n) is 13.4. The van der Waals surface area contributed by atoms with Gasteiger partial charge in [-0.3, -0.25) is 14.9 Å². The highest BCUT2D eigenvalue weighted by Crippen LogP contribution is 2.23. The quantitative estimate of drug-likeness (QED) is 0.551. The van der Waals surface area contributed by atoms with Crippen molar-refractivity contribution >= 4 is 23.2 Å². The molecule has 2 aromatic carbocycles. The van der Waals surface area contributed by atoms with Crippen LogP contribution >= 0.6 is 11.6 Å². The van der Waals surface area contributed by atoms with E-state index in [0.717, 1.165) is 0 Å². The fourth-order valence-corrected chi connectivity index (χ4v) is 2.29. The smallest absolute Gasteiger partial charge is 0.269 e. The lowest BCUT2D eigenvalue weighted by Crippen LogP contribution is -2.27. The highest BCUT2D eigenvalue weighted by Gasteiger charge is 2.14. The summed E-state index contributed by atoms with van der Waals surface area (Å²) in [5.74, 6) is -0.0970. The number of hydrogen-bond acceptors (Lipinski definition) is 4. The van der Waals surface area contributed by atoms with E-state index >= 15 is 0 Å². The summed E-state index contributed by atoms with van der Waals surface area (Å²) in [4.78, 5) is 23.9. The van der Waals surface area contributed by atoms with E-state index in [4.69, 9.17) is 16.3 Å². The summed E-state index contributed by atoms with van der Waals surface area (Å²) in [6, 6.07) is 9.59. The van der Waals surface area contributed by atoms with Crippen LogP contribution in [0.3, 0.4) is 0 Å². The third-order valence-electron chi connectivity index (χ3n) is 3.47. The summed E-state index contributed by atoms with van der Waals surface area (Å²) >= 11 is 6.03. The van der Waals surface area contributed by atoms with Crippen molar-refractivity contribution in [3.63, 3.8) is 0 Å². The Labute approximate surface area is 148 Å². The van der Waals surface area contributed by atoms with Crippen LogP contribution < -0.4 is 4.74 Å². The number of benzene rings is 2. The molecule has 0 unspecified atom stereocenters. The molecule has 2 rings (SSSR count). The minimum atomic E-state index is -0.516. The fourth-order valence-electron chi connectivity index (χ4n) is 2.12. The minimum Gasteiger partial charge on any atom is -0.493 e. The lowest BCUT2D eigenvalue weighted by molar-refractivity contribution is -0.384. The van der Waals surface area contributed by atoms with Crippen LogP contribution in [0.4, 0.5) is 10.1 Å². The molecule has 0 aromatic heterocycles. The van der Waals surface area contributed by atoms with Crippen molar-refractivity contribution in [2.24, 2.45) is 0 Å². The van der Waals surface area contributed by atoms with Crippen molar-refractivity contribution in [1.29, 1.82) is 0 Å². The van der Waals surface area contributed by atoms with Crippen molar-refractivity contribution < 1.29 is 18.8 Å². The third kappa shape index (κ3) is 5.42. The van der Waals surface area contributed by atoms with Gasteiger partial charge in [0.2, 0.25) is 5.91 Å². The lowest BCUT2D eigenvalue weighted by Gasteiger charge is -2.18. The Morgan fingerprint density at radius 1 is 1.28 bits per heavy atom. The predicted molar refractivity (Wildman–Crippen MR) is 91.1 cm³/mol. The molecule has 0 heterocycles. The zero-order chi connectivity index (χ0) is 18.4. The number of rotatable bonds is 7. The molecule has 0 saturated carbocycles. The standard InChI is InChI=1S/C17H16ClFN2O4/c1-20(11-12-10-14(21(23)24)4-7-16(12)18)17(22)8-9-25-15-5-2-13(19)3-6-15/h2-7,10H,8-9,11H2,1H3. The van der Waals surface area contributed by atoms with Gasteiger partial charge < -0.3 is 9.64 Å². The second-order valence-electron chi connectivity index (χ2n) is 5.34. The Balaban J connectivity index is 1.88. The van der Waals surface area contributed by atoms with E-state index < -0.39 is 4.92 Å². The van der Waals surface area contributed by atoms with Gasteiger partial charge in [0.15, 0.2) is 0 Å². The summed E-state index contributed by atoms with van der Waals surface area (Å²) in [5, 5.41) is 11.2. The van der Waals surface area contributed by atoms with Crippen LogP contribution in [-0.2, 0) is 11.3 Å². The molecule has 0 atom stereocenters. The van der Waals surface area contributed by atoms with Crippen molar-refractivity contribution in [2.45, 2.75) is 13.0 Å². The number of non-ortho nitro benzene ring substituents is 1. The monoisotopic (exact) mass is 366 g/mol. The van der Waals surface area contributed by atoms with E-state index in [1.165, 1.54) is 47.4 Å². The molecule has 0 N–H and O–H groups in total. The maximum Gasteiger partial charge on any atom is 0.269 e. The molecule has 0 aliphatic rings. The van der Waals surface area contributed by atoms with E-state index in [1.807, 2.05) is 0 Å². The number of amides is 1. The predicted octanol–water partition coefficient (Wildman–Crippen LogP) is 3.81. The topological polar surface area (TPSA) is 72.7 Å².